The van der Waals surface area contributed by atoms with E-state index < -0.39 is 5.25 Å². The Morgan fingerprint density at radius 2 is 1.73 bits per heavy atom. The fourth-order valence-electron chi connectivity index (χ4n) is 3.75. The fraction of sp³-hybridized carbons (Fsp3) is 0.208. The predicted octanol–water partition coefficient (Wildman–Crippen LogP) is 4.08. The largest absolute Gasteiger partial charge is 0.349 e. The molecule has 6 heteroatoms. The molecule has 2 unspecified atom stereocenters. The van der Waals surface area contributed by atoms with Crippen LogP contribution in [0.5, 0.6) is 0 Å². The van der Waals surface area contributed by atoms with Crippen molar-refractivity contribution < 1.29 is 14.4 Å². The van der Waals surface area contributed by atoms with Gasteiger partial charge in [0.05, 0.1) is 22.7 Å². The molecule has 5 nitrogen and oxygen atoms in total. The summed E-state index contributed by atoms with van der Waals surface area (Å²) in [5.74, 6) is -0.514. The number of anilines is 1. The van der Waals surface area contributed by atoms with E-state index in [1.807, 2.05) is 55.5 Å². The molecule has 30 heavy (non-hydrogen) atoms. The summed E-state index contributed by atoms with van der Waals surface area (Å²) in [6, 6.07) is 22.8. The minimum atomic E-state index is -0.531. The third-order valence-electron chi connectivity index (χ3n) is 5.20. The standard InChI is InChI=1S/C24H22N2O3S/c1-16(19-13-7-9-17-8-5-6-12-20(17)19)25-22(27)15-30-21-14-23(28)26(24(21)29)18-10-3-2-4-11-18/h2-13,16,21H,14-15H2,1H3,(H,25,27). The molecule has 152 valence electrons. The molecule has 0 saturated carbocycles. The summed E-state index contributed by atoms with van der Waals surface area (Å²) in [4.78, 5) is 38.7. The van der Waals surface area contributed by atoms with Gasteiger partial charge in [0.25, 0.3) is 0 Å². The van der Waals surface area contributed by atoms with Crippen molar-refractivity contribution in [1.82, 2.24) is 5.32 Å². The highest BCUT2D eigenvalue weighted by Gasteiger charge is 2.40. The molecule has 4 rings (SSSR count). The van der Waals surface area contributed by atoms with Gasteiger partial charge in [-0.15, -0.1) is 11.8 Å². The van der Waals surface area contributed by atoms with Gasteiger partial charge in [-0.1, -0.05) is 60.7 Å². The number of fused-ring (bicyclic) bond motifs is 1. The summed E-state index contributed by atoms with van der Waals surface area (Å²) < 4.78 is 0. The van der Waals surface area contributed by atoms with Gasteiger partial charge in [-0.3, -0.25) is 14.4 Å². The number of nitrogens with one attached hydrogen (secondary N) is 1. The number of imide groups is 1. The van der Waals surface area contributed by atoms with E-state index in [9.17, 15) is 14.4 Å². The van der Waals surface area contributed by atoms with Crippen molar-refractivity contribution in [2.24, 2.45) is 0 Å². The Kier molecular flexibility index (Phi) is 5.86. The number of carbonyl (C=O) groups excluding carboxylic acids is 3. The molecule has 0 spiro atoms. The Morgan fingerprint density at radius 1 is 1.03 bits per heavy atom. The fourth-order valence-corrected chi connectivity index (χ4v) is 4.69. The van der Waals surface area contributed by atoms with Gasteiger partial charge in [0.2, 0.25) is 17.7 Å². The number of nitrogens with zero attached hydrogens (tertiary/aromatic N) is 1. The maximum Gasteiger partial charge on any atom is 0.247 e. The van der Waals surface area contributed by atoms with Crippen LogP contribution in [0, 0.1) is 0 Å². The van der Waals surface area contributed by atoms with Gasteiger partial charge in [0, 0.05) is 6.42 Å². The van der Waals surface area contributed by atoms with Crippen LogP contribution >= 0.6 is 11.8 Å². The van der Waals surface area contributed by atoms with Gasteiger partial charge in [-0.05, 0) is 35.4 Å². The third kappa shape index (κ3) is 4.09. The lowest BCUT2D eigenvalue weighted by Crippen LogP contribution is -2.32. The summed E-state index contributed by atoms with van der Waals surface area (Å²) in [7, 11) is 0. The van der Waals surface area contributed by atoms with Crippen molar-refractivity contribution in [3.63, 3.8) is 0 Å². The Morgan fingerprint density at radius 3 is 2.53 bits per heavy atom. The summed E-state index contributed by atoms with van der Waals surface area (Å²) in [6.07, 6.45) is 0.116. The molecule has 1 fully saturated rings. The molecular weight excluding hydrogens is 396 g/mol. The minimum absolute atomic E-state index is 0.116. The number of rotatable bonds is 6. The van der Waals surface area contributed by atoms with Crippen LogP contribution in [0.2, 0.25) is 0 Å². The van der Waals surface area contributed by atoms with Crippen molar-refractivity contribution in [2.45, 2.75) is 24.6 Å². The molecule has 1 heterocycles. The van der Waals surface area contributed by atoms with Crippen LogP contribution in [0.15, 0.2) is 72.8 Å². The first-order chi connectivity index (χ1) is 14.5. The zero-order valence-electron chi connectivity index (χ0n) is 16.6. The highest BCUT2D eigenvalue weighted by molar-refractivity contribution is 8.01. The monoisotopic (exact) mass is 418 g/mol. The van der Waals surface area contributed by atoms with Crippen LogP contribution in [-0.2, 0) is 14.4 Å². The molecule has 1 N–H and O–H groups in total. The van der Waals surface area contributed by atoms with E-state index in [4.69, 9.17) is 0 Å². The lowest BCUT2D eigenvalue weighted by molar-refractivity contribution is -0.121. The number of para-hydroxylation sites is 1. The zero-order valence-corrected chi connectivity index (χ0v) is 17.4. The minimum Gasteiger partial charge on any atom is -0.349 e. The normalized spacial score (nSPS) is 17.4. The molecule has 0 radical (unpaired) electrons. The van der Waals surface area contributed by atoms with Crippen LogP contribution in [0.25, 0.3) is 10.8 Å². The van der Waals surface area contributed by atoms with E-state index in [0.29, 0.717) is 5.69 Å². The first kappa shape index (κ1) is 20.2. The molecule has 0 aliphatic carbocycles. The number of thioether (sulfide) groups is 1. The van der Waals surface area contributed by atoms with Crippen molar-refractivity contribution in [3.05, 3.63) is 78.4 Å². The van der Waals surface area contributed by atoms with Crippen LogP contribution in [0.1, 0.15) is 24.9 Å². The predicted molar refractivity (Wildman–Crippen MR) is 120 cm³/mol. The van der Waals surface area contributed by atoms with Gasteiger partial charge >= 0.3 is 0 Å². The molecule has 0 aromatic heterocycles. The zero-order chi connectivity index (χ0) is 21.1. The van der Waals surface area contributed by atoms with E-state index in [1.54, 1.807) is 24.3 Å². The summed E-state index contributed by atoms with van der Waals surface area (Å²) in [6.45, 7) is 1.95. The van der Waals surface area contributed by atoms with Crippen molar-refractivity contribution in [2.75, 3.05) is 10.7 Å². The van der Waals surface area contributed by atoms with Crippen LogP contribution < -0.4 is 10.2 Å². The van der Waals surface area contributed by atoms with E-state index in [1.165, 1.54) is 16.7 Å². The van der Waals surface area contributed by atoms with E-state index in [0.717, 1.165) is 16.3 Å². The molecule has 3 amide bonds. The van der Waals surface area contributed by atoms with Crippen molar-refractivity contribution in [1.29, 1.82) is 0 Å². The maximum absolute atomic E-state index is 12.7. The second-order valence-electron chi connectivity index (χ2n) is 7.26. The number of hydrogen-bond acceptors (Lipinski definition) is 4. The molecule has 2 atom stereocenters. The summed E-state index contributed by atoms with van der Waals surface area (Å²) >= 11 is 1.22. The first-order valence-corrected chi connectivity index (χ1v) is 10.9. The second kappa shape index (κ2) is 8.71. The molecular formula is C24H22N2O3S. The van der Waals surface area contributed by atoms with Crippen LogP contribution in [-0.4, -0.2) is 28.7 Å². The van der Waals surface area contributed by atoms with Crippen molar-refractivity contribution >= 4 is 45.9 Å². The molecule has 1 aliphatic rings. The van der Waals surface area contributed by atoms with Gasteiger partial charge in [0.1, 0.15) is 0 Å². The van der Waals surface area contributed by atoms with Crippen LogP contribution in [0.4, 0.5) is 5.69 Å². The quantitative estimate of drug-likeness (QED) is 0.613. The lowest BCUT2D eigenvalue weighted by Gasteiger charge is -2.17. The molecule has 3 aromatic carbocycles. The molecule has 0 bridgehead atoms. The maximum atomic E-state index is 12.7. The smallest absolute Gasteiger partial charge is 0.247 e. The summed E-state index contributed by atoms with van der Waals surface area (Å²) in [5.41, 5.74) is 1.62. The Labute approximate surface area is 179 Å². The highest BCUT2D eigenvalue weighted by Crippen LogP contribution is 2.30. The Balaban J connectivity index is 1.37. The first-order valence-electron chi connectivity index (χ1n) is 9.85. The lowest BCUT2D eigenvalue weighted by atomic mass is 10.00. The van der Waals surface area contributed by atoms with Gasteiger partial charge < -0.3 is 5.32 Å². The van der Waals surface area contributed by atoms with Gasteiger partial charge in [0.15, 0.2) is 0 Å². The average Bonchev–Trinajstić information content (AvgIpc) is 3.05. The second-order valence-corrected chi connectivity index (χ2v) is 8.46. The Hall–Kier alpha value is -3.12. The van der Waals surface area contributed by atoms with Gasteiger partial charge in [-0.25, -0.2) is 4.90 Å². The Bertz CT molecular complexity index is 1090. The number of carbonyl (C=O) groups is 3. The molecule has 1 aliphatic heterocycles. The van der Waals surface area contributed by atoms with E-state index >= 15 is 0 Å². The van der Waals surface area contributed by atoms with Crippen LogP contribution in [0.3, 0.4) is 0 Å². The number of benzene rings is 3. The summed E-state index contributed by atoms with van der Waals surface area (Å²) in [5, 5.41) is 4.71. The topological polar surface area (TPSA) is 66.5 Å². The third-order valence-corrected chi connectivity index (χ3v) is 6.40. The van der Waals surface area contributed by atoms with Gasteiger partial charge in [-0.2, -0.15) is 0 Å². The number of hydrogen-bond donors (Lipinski definition) is 1. The number of amides is 3. The molecule has 3 aromatic rings. The van der Waals surface area contributed by atoms with Crippen molar-refractivity contribution in [3.8, 4) is 0 Å². The van der Waals surface area contributed by atoms with E-state index in [2.05, 4.69) is 5.32 Å². The molecule has 1 saturated heterocycles. The average molecular weight is 419 g/mol. The van der Waals surface area contributed by atoms with E-state index in [-0.39, 0.29) is 35.9 Å². The highest BCUT2D eigenvalue weighted by atomic mass is 32.2. The SMILES string of the molecule is CC(NC(=O)CSC1CC(=O)N(c2ccccc2)C1=O)c1cccc2ccccc12.